The molecule has 0 radical (unpaired) electrons. The zero-order valence-corrected chi connectivity index (χ0v) is 14.1. The van der Waals surface area contributed by atoms with Crippen molar-refractivity contribution in [2.75, 3.05) is 54.1 Å². The summed E-state index contributed by atoms with van der Waals surface area (Å²) in [6.07, 6.45) is 0. The predicted molar refractivity (Wildman–Crippen MR) is 87.9 cm³/mol. The summed E-state index contributed by atoms with van der Waals surface area (Å²) < 4.78 is 10.4. The zero-order chi connectivity index (χ0) is 15.7. The van der Waals surface area contributed by atoms with Crippen LogP contribution in [0.5, 0.6) is 0 Å². The van der Waals surface area contributed by atoms with Crippen molar-refractivity contribution in [3.8, 4) is 0 Å². The van der Waals surface area contributed by atoms with Crippen LogP contribution < -0.4 is 5.32 Å². The number of ether oxygens (including phenoxy) is 2. The Labute approximate surface area is 129 Å². The molecule has 1 N–H and O–H groups in total. The van der Waals surface area contributed by atoms with E-state index < -0.39 is 0 Å². The second-order valence-electron chi connectivity index (χ2n) is 5.49. The fourth-order valence-electron chi connectivity index (χ4n) is 2.47. The molecule has 0 saturated heterocycles. The van der Waals surface area contributed by atoms with Gasteiger partial charge in [0.1, 0.15) is 0 Å². The quantitative estimate of drug-likeness (QED) is 0.717. The number of methoxy groups -OCH3 is 2. The minimum Gasteiger partial charge on any atom is -0.383 e. The van der Waals surface area contributed by atoms with Crippen molar-refractivity contribution in [3.05, 3.63) is 34.9 Å². The number of nitrogens with zero attached hydrogens (tertiary/aromatic N) is 1. The van der Waals surface area contributed by atoms with Crippen LogP contribution in [0.2, 0.25) is 0 Å². The lowest BCUT2D eigenvalue weighted by atomic mass is 9.98. The van der Waals surface area contributed by atoms with E-state index in [2.05, 4.69) is 42.3 Å². The standard InChI is InChI=1S/C17H30N2O2/c1-14-6-7-15(2)16(12-14)17(18-3)13-19(8-10-20-4)9-11-21-5/h6-7,12,17-18H,8-11,13H2,1-5H3. The van der Waals surface area contributed by atoms with E-state index in [0.29, 0.717) is 6.04 Å². The summed E-state index contributed by atoms with van der Waals surface area (Å²) in [5.41, 5.74) is 4.01. The van der Waals surface area contributed by atoms with Gasteiger partial charge in [-0.15, -0.1) is 0 Å². The van der Waals surface area contributed by atoms with Gasteiger partial charge in [0.15, 0.2) is 0 Å². The first-order chi connectivity index (χ1) is 10.1. The molecule has 1 aromatic rings. The van der Waals surface area contributed by atoms with Gasteiger partial charge in [0.25, 0.3) is 0 Å². The van der Waals surface area contributed by atoms with Gasteiger partial charge in [-0.2, -0.15) is 0 Å². The fraction of sp³-hybridized carbons (Fsp3) is 0.647. The number of rotatable bonds is 10. The lowest BCUT2D eigenvalue weighted by Crippen LogP contribution is -2.38. The number of hydrogen-bond donors (Lipinski definition) is 1. The third-order valence-corrected chi connectivity index (χ3v) is 3.82. The largest absolute Gasteiger partial charge is 0.383 e. The maximum Gasteiger partial charge on any atom is 0.0589 e. The van der Waals surface area contributed by atoms with Crippen molar-refractivity contribution in [2.45, 2.75) is 19.9 Å². The minimum absolute atomic E-state index is 0.318. The molecule has 0 aliphatic heterocycles. The first-order valence-electron chi connectivity index (χ1n) is 7.57. The van der Waals surface area contributed by atoms with E-state index in [-0.39, 0.29) is 0 Å². The van der Waals surface area contributed by atoms with E-state index in [1.807, 2.05) is 7.05 Å². The molecule has 120 valence electrons. The molecule has 0 spiro atoms. The van der Waals surface area contributed by atoms with Crippen LogP contribution in [0.4, 0.5) is 0 Å². The lowest BCUT2D eigenvalue weighted by molar-refractivity contribution is 0.108. The molecular weight excluding hydrogens is 264 g/mol. The molecule has 0 fully saturated rings. The smallest absolute Gasteiger partial charge is 0.0589 e. The van der Waals surface area contributed by atoms with Crippen molar-refractivity contribution in [2.24, 2.45) is 0 Å². The molecule has 4 heteroatoms. The summed E-state index contributed by atoms with van der Waals surface area (Å²) in [6.45, 7) is 8.59. The van der Waals surface area contributed by atoms with Gasteiger partial charge in [-0.05, 0) is 32.0 Å². The summed E-state index contributed by atoms with van der Waals surface area (Å²) in [5.74, 6) is 0. The molecule has 0 heterocycles. The van der Waals surface area contributed by atoms with Crippen molar-refractivity contribution in [3.63, 3.8) is 0 Å². The summed E-state index contributed by atoms with van der Waals surface area (Å²) in [5, 5.41) is 3.45. The highest BCUT2D eigenvalue weighted by Crippen LogP contribution is 2.20. The van der Waals surface area contributed by atoms with Gasteiger partial charge < -0.3 is 14.8 Å². The van der Waals surface area contributed by atoms with Crippen LogP contribution in [0, 0.1) is 13.8 Å². The van der Waals surface area contributed by atoms with E-state index in [9.17, 15) is 0 Å². The number of benzene rings is 1. The second kappa shape index (κ2) is 9.90. The molecule has 0 aliphatic carbocycles. The summed E-state index contributed by atoms with van der Waals surface area (Å²) in [6, 6.07) is 6.96. The van der Waals surface area contributed by atoms with Gasteiger partial charge >= 0.3 is 0 Å². The lowest BCUT2D eigenvalue weighted by Gasteiger charge is -2.28. The summed E-state index contributed by atoms with van der Waals surface area (Å²) in [7, 11) is 5.51. The van der Waals surface area contributed by atoms with Crippen molar-refractivity contribution < 1.29 is 9.47 Å². The first-order valence-corrected chi connectivity index (χ1v) is 7.57. The third kappa shape index (κ3) is 6.14. The topological polar surface area (TPSA) is 33.7 Å². The Morgan fingerprint density at radius 3 is 2.24 bits per heavy atom. The van der Waals surface area contributed by atoms with Gasteiger partial charge in [-0.25, -0.2) is 0 Å². The van der Waals surface area contributed by atoms with E-state index in [1.54, 1.807) is 14.2 Å². The van der Waals surface area contributed by atoms with Crippen LogP contribution in [0.15, 0.2) is 18.2 Å². The second-order valence-corrected chi connectivity index (χ2v) is 5.49. The third-order valence-electron chi connectivity index (χ3n) is 3.82. The van der Waals surface area contributed by atoms with Crippen molar-refractivity contribution in [1.29, 1.82) is 0 Å². The Morgan fingerprint density at radius 2 is 1.71 bits per heavy atom. The van der Waals surface area contributed by atoms with Gasteiger partial charge in [0.2, 0.25) is 0 Å². The molecular formula is C17H30N2O2. The monoisotopic (exact) mass is 294 g/mol. The molecule has 0 amide bonds. The molecule has 1 aromatic carbocycles. The molecule has 1 atom stereocenters. The summed E-state index contributed by atoms with van der Waals surface area (Å²) in [4.78, 5) is 2.38. The summed E-state index contributed by atoms with van der Waals surface area (Å²) >= 11 is 0. The molecule has 0 aromatic heterocycles. The fourth-order valence-corrected chi connectivity index (χ4v) is 2.47. The Kier molecular flexibility index (Phi) is 8.54. The molecule has 0 saturated carbocycles. The molecule has 0 bridgehead atoms. The molecule has 4 nitrogen and oxygen atoms in total. The number of nitrogens with one attached hydrogen (secondary N) is 1. The van der Waals surface area contributed by atoms with Crippen LogP contribution in [0.25, 0.3) is 0 Å². The highest BCUT2D eigenvalue weighted by Gasteiger charge is 2.16. The van der Waals surface area contributed by atoms with Gasteiger partial charge in [0.05, 0.1) is 13.2 Å². The normalized spacial score (nSPS) is 12.9. The SMILES string of the molecule is CNC(CN(CCOC)CCOC)c1cc(C)ccc1C. The van der Waals surface area contributed by atoms with E-state index in [1.165, 1.54) is 16.7 Å². The van der Waals surface area contributed by atoms with E-state index >= 15 is 0 Å². The number of aryl methyl sites for hydroxylation is 2. The highest BCUT2D eigenvalue weighted by atomic mass is 16.5. The number of hydrogen-bond acceptors (Lipinski definition) is 4. The Morgan fingerprint density at radius 1 is 1.10 bits per heavy atom. The highest BCUT2D eigenvalue weighted by molar-refractivity contribution is 5.33. The van der Waals surface area contributed by atoms with Crippen molar-refractivity contribution >= 4 is 0 Å². The van der Waals surface area contributed by atoms with Crippen LogP contribution >= 0.6 is 0 Å². The van der Waals surface area contributed by atoms with E-state index in [4.69, 9.17) is 9.47 Å². The first kappa shape index (κ1) is 18.1. The zero-order valence-electron chi connectivity index (χ0n) is 14.1. The molecule has 0 aliphatic rings. The maximum atomic E-state index is 5.21. The van der Waals surface area contributed by atoms with Gasteiger partial charge in [-0.1, -0.05) is 23.8 Å². The minimum atomic E-state index is 0.318. The molecule has 1 unspecified atom stereocenters. The molecule has 1 rings (SSSR count). The Balaban J connectivity index is 2.78. The van der Waals surface area contributed by atoms with Gasteiger partial charge in [-0.3, -0.25) is 4.90 Å². The van der Waals surface area contributed by atoms with Crippen LogP contribution in [-0.2, 0) is 9.47 Å². The maximum absolute atomic E-state index is 5.21. The van der Waals surface area contributed by atoms with E-state index in [0.717, 1.165) is 32.8 Å². The average Bonchev–Trinajstić information content (AvgIpc) is 2.49. The van der Waals surface area contributed by atoms with Crippen LogP contribution in [0.3, 0.4) is 0 Å². The predicted octanol–water partition coefficient (Wildman–Crippen LogP) is 2.16. The number of likely N-dealkylation sites (N-methyl/N-ethyl adjacent to an activating group) is 1. The molecule has 21 heavy (non-hydrogen) atoms. The van der Waals surface area contributed by atoms with Crippen LogP contribution in [0.1, 0.15) is 22.7 Å². The Bertz CT molecular complexity index is 402. The van der Waals surface area contributed by atoms with Crippen LogP contribution in [-0.4, -0.2) is 59.0 Å². The Hall–Kier alpha value is -0.940. The van der Waals surface area contributed by atoms with Gasteiger partial charge in [0, 0.05) is 39.9 Å². The average molecular weight is 294 g/mol. The van der Waals surface area contributed by atoms with Crippen molar-refractivity contribution in [1.82, 2.24) is 10.2 Å².